The van der Waals surface area contributed by atoms with Crippen LogP contribution in [-0.2, 0) is 0 Å². The van der Waals surface area contributed by atoms with E-state index in [9.17, 15) is 27.2 Å². The normalized spacial score (nSPS) is 13.0. The Morgan fingerprint density at radius 1 is 0.760 bits per heavy atom. The summed E-state index contributed by atoms with van der Waals surface area (Å²) in [4.78, 5) is 23.0. The molecule has 0 fully saturated rings. The van der Waals surface area contributed by atoms with Crippen LogP contribution in [0, 0.1) is 30.4 Å². The van der Waals surface area contributed by atoms with Crippen molar-refractivity contribution >= 4 is 56.7 Å². The van der Waals surface area contributed by atoms with Crippen LogP contribution in [0.3, 0.4) is 0 Å². The zero-order valence-electron chi connectivity index (χ0n) is 12.5. The van der Waals surface area contributed by atoms with Gasteiger partial charge in [0.25, 0.3) is 0 Å². The lowest BCUT2D eigenvalue weighted by molar-refractivity contribution is 0.0984. The average Bonchev–Trinajstić information content (AvgIpc) is 2.62. The molecule has 1 aliphatic carbocycles. The van der Waals surface area contributed by atoms with Gasteiger partial charge < -0.3 is 0 Å². The third kappa shape index (κ3) is 3.94. The van der Waals surface area contributed by atoms with Gasteiger partial charge in [-0.25, -0.2) is 17.6 Å². The van der Waals surface area contributed by atoms with Crippen LogP contribution in [0.15, 0.2) is 35.9 Å². The maximum Gasteiger partial charge on any atom is 0.189 e. The highest BCUT2D eigenvalue weighted by atomic mass is 127. The van der Waals surface area contributed by atoms with E-state index in [-0.39, 0.29) is 11.6 Å². The quantitative estimate of drug-likeness (QED) is 0.181. The smallest absolute Gasteiger partial charge is 0.189 e. The van der Waals surface area contributed by atoms with Crippen LogP contribution in [0.5, 0.6) is 0 Å². The molecule has 25 heavy (non-hydrogen) atoms. The van der Waals surface area contributed by atoms with Gasteiger partial charge in [-0.15, -0.1) is 0 Å². The number of ketones is 2. The molecule has 3 rings (SSSR count). The summed E-state index contributed by atoms with van der Waals surface area (Å²) >= 11 is 2.41. The molecule has 0 atom stereocenters. The van der Waals surface area contributed by atoms with Crippen LogP contribution in [0.1, 0.15) is 27.6 Å². The van der Waals surface area contributed by atoms with Gasteiger partial charge in [0, 0.05) is 16.7 Å². The Kier molecular flexibility index (Phi) is 6.35. The van der Waals surface area contributed by atoms with Crippen molar-refractivity contribution in [2.75, 3.05) is 0 Å². The van der Waals surface area contributed by atoms with Crippen LogP contribution in [0.2, 0.25) is 0 Å². The molecule has 0 saturated carbocycles. The molecule has 0 spiro atoms. The maximum atomic E-state index is 12.6. The lowest BCUT2D eigenvalue weighted by Crippen LogP contribution is -2.14. The molecule has 8 heteroatoms. The Labute approximate surface area is 167 Å². The summed E-state index contributed by atoms with van der Waals surface area (Å²) in [7, 11) is 0. The third-order valence-corrected chi connectivity index (χ3v) is 5.19. The number of hydrogen-bond acceptors (Lipinski definition) is 2. The molecule has 2 nitrogen and oxygen atoms in total. The Bertz CT molecular complexity index is 818. The molecular weight excluding hydrogens is 566 g/mol. The van der Waals surface area contributed by atoms with E-state index in [0.29, 0.717) is 16.7 Å². The van der Waals surface area contributed by atoms with Gasteiger partial charge in [-0.1, -0.05) is 24.3 Å². The molecule has 1 aliphatic rings. The Morgan fingerprint density at radius 3 is 1.60 bits per heavy atom. The number of rotatable bonds is 0. The number of carbonyl (C=O) groups is 2. The standard InChI is InChI=1S/C11H8O2.C6F4I2/c1-7-6-10(12)8-4-2-3-5-9(8)11(7)13;7-1-2(8)6(12)4(10)3(9)5(1)11/h2-6H,1H3;. The van der Waals surface area contributed by atoms with E-state index in [1.807, 2.05) is 0 Å². The summed E-state index contributed by atoms with van der Waals surface area (Å²) in [5.74, 6) is -5.52. The maximum absolute atomic E-state index is 12.6. The second kappa shape index (κ2) is 7.94. The zero-order chi connectivity index (χ0) is 18.9. The predicted molar refractivity (Wildman–Crippen MR) is 101 cm³/mol. The Balaban J connectivity index is 0.000000181. The lowest BCUT2D eigenvalue weighted by Gasteiger charge is -2.11. The number of halogens is 6. The summed E-state index contributed by atoms with van der Waals surface area (Å²) in [5.41, 5.74) is 1.55. The fourth-order valence-electron chi connectivity index (χ4n) is 2.03. The molecule has 130 valence electrons. The summed E-state index contributed by atoms with van der Waals surface area (Å²) in [6.07, 6.45) is 1.39. The molecule has 0 aromatic heterocycles. The lowest BCUT2D eigenvalue weighted by atomic mass is 9.90. The van der Waals surface area contributed by atoms with E-state index < -0.39 is 30.4 Å². The SMILES string of the molecule is CC1=CC(=O)c2ccccc2C1=O.Fc1c(F)c(I)c(F)c(F)c1I. The van der Waals surface area contributed by atoms with Crippen molar-refractivity contribution in [2.24, 2.45) is 0 Å². The van der Waals surface area contributed by atoms with E-state index in [1.165, 1.54) is 51.3 Å². The largest absolute Gasteiger partial charge is 0.289 e. The second-order valence-corrected chi connectivity index (χ2v) is 7.11. The minimum absolute atomic E-state index is 0.0461. The van der Waals surface area contributed by atoms with Crippen LogP contribution in [0.4, 0.5) is 17.6 Å². The highest BCUT2D eigenvalue weighted by Crippen LogP contribution is 2.26. The van der Waals surface area contributed by atoms with Crippen molar-refractivity contribution in [1.82, 2.24) is 0 Å². The zero-order valence-corrected chi connectivity index (χ0v) is 16.8. The molecule has 0 aliphatic heterocycles. The number of fused-ring (bicyclic) bond motifs is 1. The minimum Gasteiger partial charge on any atom is -0.289 e. The number of benzene rings is 2. The van der Waals surface area contributed by atoms with Gasteiger partial charge in [0.15, 0.2) is 34.8 Å². The molecule has 2 aromatic carbocycles. The van der Waals surface area contributed by atoms with Gasteiger partial charge in [0.05, 0.1) is 7.14 Å². The third-order valence-electron chi connectivity index (χ3n) is 3.30. The summed E-state index contributed by atoms with van der Waals surface area (Å²) in [6, 6.07) is 6.89. The fourth-order valence-corrected chi connectivity index (χ4v) is 2.97. The Hall–Kier alpha value is -1.30. The first-order chi connectivity index (χ1) is 11.7. The summed E-state index contributed by atoms with van der Waals surface area (Å²) in [5, 5.41) is 0. The molecule has 0 radical (unpaired) electrons. The number of allylic oxidation sites excluding steroid dienone is 2. The van der Waals surface area contributed by atoms with E-state index in [0.717, 1.165) is 0 Å². The molecule has 2 aromatic rings. The van der Waals surface area contributed by atoms with Crippen molar-refractivity contribution < 1.29 is 27.2 Å². The van der Waals surface area contributed by atoms with E-state index in [1.54, 1.807) is 31.2 Å². The van der Waals surface area contributed by atoms with Crippen molar-refractivity contribution in [2.45, 2.75) is 6.92 Å². The van der Waals surface area contributed by atoms with Crippen LogP contribution in [0.25, 0.3) is 0 Å². The van der Waals surface area contributed by atoms with E-state index in [4.69, 9.17) is 0 Å². The van der Waals surface area contributed by atoms with Gasteiger partial charge in [-0.05, 0) is 58.2 Å². The van der Waals surface area contributed by atoms with Gasteiger partial charge in [0.1, 0.15) is 0 Å². The van der Waals surface area contributed by atoms with Crippen molar-refractivity contribution in [1.29, 1.82) is 0 Å². The predicted octanol–water partition coefficient (Wildman–Crippen LogP) is 5.46. The van der Waals surface area contributed by atoms with Crippen molar-refractivity contribution in [3.8, 4) is 0 Å². The second-order valence-electron chi connectivity index (χ2n) is 4.95. The first-order valence-electron chi connectivity index (χ1n) is 6.70. The first-order valence-corrected chi connectivity index (χ1v) is 8.85. The number of Topliss-reactive ketones (excluding diaryl/α,β-unsaturated/α-hetero) is 1. The van der Waals surface area contributed by atoms with Crippen LogP contribution in [-0.4, -0.2) is 11.6 Å². The molecule has 0 heterocycles. The number of hydrogen-bond donors (Lipinski definition) is 0. The summed E-state index contributed by atoms with van der Waals surface area (Å²) < 4.78 is 49.2. The molecule has 0 saturated heterocycles. The highest BCUT2D eigenvalue weighted by molar-refractivity contribution is 14.1. The fraction of sp³-hybridized carbons (Fsp3) is 0.0588. The molecule has 0 amide bonds. The molecular formula is C17H8F4I2O2. The van der Waals surface area contributed by atoms with Gasteiger partial charge >= 0.3 is 0 Å². The molecule has 0 N–H and O–H groups in total. The van der Waals surface area contributed by atoms with Gasteiger partial charge in [0.2, 0.25) is 0 Å². The van der Waals surface area contributed by atoms with Crippen LogP contribution >= 0.6 is 45.2 Å². The van der Waals surface area contributed by atoms with Crippen molar-refractivity contribution in [3.05, 3.63) is 77.5 Å². The topological polar surface area (TPSA) is 34.1 Å². The minimum atomic E-state index is -1.35. The number of carbonyl (C=O) groups excluding carboxylic acids is 2. The van der Waals surface area contributed by atoms with Crippen LogP contribution < -0.4 is 0 Å². The van der Waals surface area contributed by atoms with E-state index in [2.05, 4.69) is 0 Å². The van der Waals surface area contributed by atoms with Gasteiger partial charge in [-0.3, -0.25) is 9.59 Å². The van der Waals surface area contributed by atoms with Gasteiger partial charge in [-0.2, -0.15) is 0 Å². The molecule has 0 bridgehead atoms. The summed E-state index contributed by atoms with van der Waals surface area (Å²) in [6.45, 7) is 1.66. The monoisotopic (exact) mass is 574 g/mol. The average molecular weight is 574 g/mol. The first kappa shape index (κ1) is 20.0. The Morgan fingerprint density at radius 2 is 1.16 bits per heavy atom. The molecule has 0 unspecified atom stereocenters. The highest BCUT2D eigenvalue weighted by Gasteiger charge is 2.22. The van der Waals surface area contributed by atoms with Crippen molar-refractivity contribution in [3.63, 3.8) is 0 Å². The van der Waals surface area contributed by atoms with E-state index >= 15 is 0 Å².